The number of hydrogen-bond donors (Lipinski definition) is 1. The highest BCUT2D eigenvalue weighted by Crippen LogP contribution is 2.40. The zero-order chi connectivity index (χ0) is 13.1. The summed E-state index contributed by atoms with van der Waals surface area (Å²) in [5.41, 5.74) is 3.76. The normalized spacial score (nSPS) is 16.3. The van der Waals surface area contributed by atoms with Crippen LogP contribution < -0.4 is 0 Å². The molecule has 0 aliphatic heterocycles. The van der Waals surface area contributed by atoms with E-state index in [2.05, 4.69) is 42.5 Å². The largest absolute Gasteiger partial charge is 0.388 e. The van der Waals surface area contributed by atoms with Gasteiger partial charge in [-0.3, -0.25) is 0 Å². The summed E-state index contributed by atoms with van der Waals surface area (Å²) < 4.78 is 0. The Bertz CT molecular complexity index is 528. The molecule has 1 nitrogen and oxygen atoms in total. The van der Waals surface area contributed by atoms with E-state index in [1.165, 1.54) is 24.0 Å². The number of hydrogen-bond acceptors (Lipinski definition) is 1. The van der Waals surface area contributed by atoms with Crippen LogP contribution in [0.15, 0.2) is 54.6 Å². The van der Waals surface area contributed by atoms with E-state index in [9.17, 15) is 5.11 Å². The molecular weight excluding hydrogens is 232 g/mol. The lowest BCUT2D eigenvalue weighted by Crippen LogP contribution is -2.00. The Morgan fingerprint density at radius 1 is 1.00 bits per heavy atom. The first kappa shape index (κ1) is 12.4. The second-order valence-electron chi connectivity index (χ2n) is 5.48. The molecule has 0 amide bonds. The van der Waals surface area contributed by atoms with Gasteiger partial charge in [0.05, 0.1) is 6.10 Å². The molecule has 98 valence electrons. The molecule has 0 aromatic heterocycles. The molecule has 0 heterocycles. The zero-order valence-electron chi connectivity index (χ0n) is 11.1. The summed E-state index contributed by atoms with van der Waals surface area (Å²) in [6, 6.07) is 18.9. The maximum Gasteiger partial charge on any atom is 0.0793 e. The van der Waals surface area contributed by atoms with Crippen molar-refractivity contribution >= 4 is 0 Å². The van der Waals surface area contributed by atoms with Crippen LogP contribution in [0.1, 0.15) is 48.0 Å². The van der Waals surface area contributed by atoms with E-state index in [0.717, 1.165) is 24.3 Å². The molecule has 1 fully saturated rings. The predicted octanol–water partition coefficient (Wildman–Crippen LogP) is 4.23. The van der Waals surface area contributed by atoms with E-state index >= 15 is 0 Å². The molecule has 1 heteroatoms. The van der Waals surface area contributed by atoms with Gasteiger partial charge in [-0.2, -0.15) is 0 Å². The highest BCUT2D eigenvalue weighted by atomic mass is 16.3. The summed E-state index contributed by atoms with van der Waals surface area (Å²) in [7, 11) is 0. The maximum atomic E-state index is 10.3. The fourth-order valence-corrected chi connectivity index (χ4v) is 2.55. The summed E-state index contributed by atoms with van der Waals surface area (Å²) in [4.78, 5) is 0. The quantitative estimate of drug-likeness (QED) is 0.844. The van der Waals surface area contributed by atoms with Crippen LogP contribution in [0.25, 0.3) is 0 Å². The minimum Gasteiger partial charge on any atom is -0.388 e. The SMILES string of the molecule is OC(CCc1ccccc1)c1cccc(C2CC2)c1. The molecule has 3 rings (SSSR count). The first-order chi connectivity index (χ1) is 9.33. The lowest BCUT2D eigenvalue weighted by molar-refractivity contribution is 0.168. The van der Waals surface area contributed by atoms with Crippen LogP contribution in [-0.2, 0) is 6.42 Å². The number of aliphatic hydroxyl groups is 1. The van der Waals surface area contributed by atoms with E-state index in [1.807, 2.05) is 12.1 Å². The second kappa shape index (κ2) is 5.58. The van der Waals surface area contributed by atoms with E-state index in [0.29, 0.717) is 0 Å². The lowest BCUT2D eigenvalue weighted by atomic mass is 9.98. The van der Waals surface area contributed by atoms with Crippen LogP contribution in [0.4, 0.5) is 0 Å². The average molecular weight is 252 g/mol. The van der Waals surface area contributed by atoms with Crippen molar-refractivity contribution in [1.29, 1.82) is 0 Å². The topological polar surface area (TPSA) is 20.2 Å². The van der Waals surface area contributed by atoms with Crippen molar-refractivity contribution in [2.24, 2.45) is 0 Å². The Hall–Kier alpha value is -1.60. The van der Waals surface area contributed by atoms with Crippen molar-refractivity contribution in [3.63, 3.8) is 0 Å². The van der Waals surface area contributed by atoms with Gasteiger partial charge in [0.2, 0.25) is 0 Å². The van der Waals surface area contributed by atoms with Crippen molar-refractivity contribution in [2.75, 3.05) is 0 Å². The first-order valence-electron chi connectivity index (χ1n) is 7.15. The van der Waals surface area contributed by atoms with Crippen LogP contribution in [0.5, 0.6) is 0 Å². The molecule has 1 saturated carbocycles. The molecule has 1 aliphatic rings. The number of benzene rings is 2. The van der Waals surface area contributed by atoms with Gasteiger partial charge in [0, 0.05) is 0 Å². The molecule has 1 atom stereocenters. The van der Waals surface area contributed by atoms with E-state index in [4.69, 9.17) is 0 Å². The average Bonchev–Trinajstić information content (AvgIpc) is 3.31. The van der Waals surface area contributed by atoms with Crippen molar-refractivity contribution in [3.8, 4) is 0 Å². The Morgan fingerprint density at radius 2 is 1.79 bits per heavy atom. The van der Waals surface area contributed by atoms with Gasteiger partial charge >= 0.3 is 0 Å². The fraction of sp³-hybridized carbons (Fsp3) is 0.333. The monoisotopic (exact) mass is 252 g/mol. The van der Waals surface area contributed by atoms with Crippen molar-refractivity contribution in [3.05, 3.63) is 71.3 Å². The third-order valence-corrected chi connectivity index (χ3v) is 3.89. The van der Waals surface area contributed by atoms with Gasteiger partial charge in [0.1, 0.15) is 0 Å². The zero-order valence-corrected chi connectivity index (χ0v) is 11.1. The van der Waals surface area contributed by atoms with Crippen molar-refractivity contribution < 1.29 is 5.11 Å². The molecule has 0 spiro atoms. The van der Waals surface area contributed by atoms with Gasteiger partial charge in [0.15, 0.2) is 0 Å². The van der Waals surface area contributed by atoms with Gasteiger partial charge in [-0.15, -0.1) is 0 Å². The molecule has 2 aromatic carbocycles. The summed E-state index contributed by atoms with van der Waals surface area (Å²) in [6.07, 6.45) is 3.99. The molecule has 19 heavy (non-hydrogen) atoms. The smallest absolute Gasteiger partial charge is 0.0793 e. The summed E-state index contributed by atoms with van der Waals surface area (Å²) >= 11 is 0. The summed E-state index contributed by atoms with van der Waals surface area (Å²) in [5, 5.41) is 10.3. The van der Waals surface area contributed by atoms with E-state index in [-0.39, 0.29) is 6.10 Å². The Morgan fingerprint density at radius 3 is 2.53 bits per heavy atom. The van der Waals surface area contributed by atoms with Crippen LogP contribution in [0.2, 0.25) is 0 Å². The molecule has 1 unspecified atom stereocenters. The third kappa shape index (κ3) is 3.24. The first-order valence-corrected chi connectivity index (χ1v) is 7.15. The van der Waals surface area contributed by atoms with Gasteiger partial charge in [-0.05, 0) is 48.3 Å². The molecule has 2 aromatic rings. The number of aryl methyl sites for hydroxylation is 1. The van der Waals surface area contributed by atoms with Crippen molar-refractivity contribution in [1.82, 2.24) is 0 Å². The molecular formula is C18H20O. The minimum atomic E-state index is -0.348. The Balaban J connectivity index is 1.63. The van der Waals surface area contributed by atoms with Crippen LogP contribution in [0.3, 0.4) is 0 Å². The third-order valence-electron chi connectivity index (χ3n) is 3.89. The van der Waals surface area contributed by atoms with Gasteiger partial charge < -0.3 is 5.11 Å². The van der Waals surface area contributed by atoms with Gasteiger partial charge in [0.25, 0.3) is 0 Å². The minimum absolute atomic E-state index is 0.348. The Labute approximate surface area is 114 Å². The van der Waals surface area contributed by atoms with Gasteiger partial charge in [-0.25, -0.2) is 0 Å². The molecule has 1 N–H and O–H groups in total. The van der Waals surface area contributed by atoms with Gasteiger partial charge in [-0.1, -0.05) is 54.6 Å². The van der Waals surface area contributed by atoms with E-state index in [1.54, 1.807) is 0 Å². The molecule has 0 radical (unpaired) electrons. The lowest BCUT2D eigenvalue weighted by Gasteiger charge is -2.12. The highest BCUT2D eigenvalue weighted by molar-refractivity contribution is 5.30. The predicted molar refractivity (Wildman–Crippen MR) is 78.1 cm³/mol. The summed E-state index contributed by atoms with van der Waals surface area (Å²) in [6.45, 7) is 0. The van der Waals surface area contributed by atoms with Crippen LogP contribution in [-0.4, -0.2) is 5.11 Å². The number of aliphatic hydroxyl groups excluding tert-OH is 1. The molecule has 1 aliphatic carbocycles. The Kier molecular flexibility index (Phi) is 3.65. The summed E-state index contributed by atoms with van der Waals surface area (Å²) in [5.74, 6) is 0.751. The molecule has 0 saturated heterocycles. The maximum absolute atomic E-state index is 10.3. The van der Waals surface area contributed by atoms with Crippen LogP contribution in [0, 0.1) is 0 Å². The highest BCUT2D eigenvalue weighted by Gasteiger charge is 2.23. The number of rotatable bonds is 5. The van der Waals surface area contributed by atoms with E-state index < -0.39 is 0 Å². The van der Waals surface area contributed by atoms with Crippen LogP contribution >= 0.6 is 0 Å². The second-order valence-corrected chi connectivity index (χ2v) is 5.48. The fourth-order valence-electron chi connectivity index (χ4n) is 2.55. The standard InChI is InChI=1S/C18H20O/c19-18(12-9-14-5-2-1-3-6-14)17-8-4-7-16(13-17)15-10-11-15/h1-8,13,15,18-19H,9-12H2. The molecule has 0 bridgehead atoms. The van der Waals surface area contributed by atoms with Crippen molar-refractivity contribution in [2.45, 2.75) is 37.7 Å².